The lowest BCUT2D eigenvalue weighted by atomic mass is 10.1. The Labute approximate surface area is 151 Å². The van der Waals surface area contributed by atoms with Crippen LogP contribution in [0.5, 0.6) is 0 Å². The van der Waals surface area contributed by atoms with Crippen molar-refractivity contribution in [2.24, 2.45) is 0 Å². The minimum atomic E-state index is -0.200. The number of fused-ring (bicyclic) bond motifs is 1. The zero-order valence-electron chi connectivity index (χ0n) is 14.5. The second-order valence-electron chi connectivity index (χ2n) is 6.12. The van der Waals surface area contributed by atoms with Crippen LogP contribution in [-0.2, 0) is 4.79 Å². The molecule has 25 heavy (non-hydrogen) atoms. The number of benzene rings is 2. The van der Waals surface area contributed by atoms with Crippen LogP contribution in [0.15, 0.2) is 48.5 Å². The number of anilines is 1. The van der Waals surface area contributed by atoms with Gasteiger partial charge in [-0.3, -0.25) is 9.59 Å². The molecule has 0 fully saturated rings. The molecule has 0 aliphatic heterocycles. The number of para-hydroxylation sites is 1. The molecule has 0 saturated heterocycles. The van der Waals surface area contributed by atoms with Crippen LogP contribution in [0.4, 0.5) is 5.69 Å². The van der Waals surface area contributed by atoms with Gasteiger partial charge in [-0.05, 0) is 42.5 Å². The lowest BCUT2D eigenvalue weighted by Crippen LogP contribution is -2.34. The largest absolute Gasteiger partial charge is 0.332 e. The van der Waals surface area contributed by atoms with E-state index in [1.807, 2.05) is 62.4 Å². The summed E-state index contributed by atoms with van der Waals surface area (Å²) in [6, 6.07) is 15.6. The number of nitrogens with one attached hydrogen (secondary N) is 1. The van der Waals surface area contributed by atoms with Gasteiger partial charge >= 0.3 is 0 Å². The van der Waals surface area contributed by atoms with Crippen LogP contribution in [0, 0.1) is 13.8 Å². The van der Waals surface area contributed by atoms with Gasteiger partial charge in [-0.25, -0.2) is 0 Å². The van der Waals surface area contributed by atoms with Gasteiger partial charge in [0.25, 0.3) is 5.91 Å². The Morgan fingerprint density at radius 3 is 2.40 bits per heavy atom. The Balaban J connectivity index is 1.69. The molecule has 3 rings (SSSR count). The highest BCUT2D eigenvalue weighted by atomic mass is 32.1. The third-order valence-electron chi connectivity index (χ3n) is 4.11. The van der Waals surface area contributed by atoms with Gasteiger partial charge in [-0.15, -0.1) is 11.3 Å². The zero-order chi connectivity index (χ0) is 18.0. The van der Waals surface area contributed by atoms with Gasteiger partial charge in [0.15, 0.2) is 0 Å². The Hall–Kier alpha value is -2.66. The van der Waals surface area contributed by atoms with Crippen LogP contribution >= 0.6 is 11.3 Å². The fraction of sp³-hybridized carbons (Fsp3) is 0.200. The first-order valence-electron chi connectivity index (χ1n) is 8.06. The summed E-state index contributed by atoms with van der Waals surface area (Å²) < 4.78 is 1.07. The predicted octanol–water partition coefficient (Wildman–Crippen LogP) is 4.23. The monoisotopic (exact) mass is 352 g/mol. The molecule has 0 aliphatic rings. The summed E-state index contributed by atoms with van der Waals surface area (Å²) in [6.07, 6.45) is 0. The second-order valence-corrected chi connectivity index (χ2v) is 7.21. The molecule has 1 N–H and O–H groups in total. The van der Waals surface area contributed by atoms with Crippen molar-refractivity contribution >= 4 is 38.9 Å². The normalized spacial score (nSPS) is 10.7. The van der Waals surface area contributed by atoms with E-state index in [1.54, 1.807) is 7.05 Å². The third-order valence-corrected chi connectivity index (χ3v) is 5.21. The molecule has 2 amide bonds. The van der Waals surface area contributed by atoms with Crippen molar-refractivity contribution in [2.45, 2.75) is 13.8 Å². The molecule has 0 bridgehead atoms. The number of nitrogens with zero attached hydrogens (tertiary/aromatic N) is 1. The summed E-state index contributed by atoms with van der Waals surface area (Å²) in [5.74, 6) is -0.341. The van der Waals surface area contributed by atoms with Gasteiger partial charge in [0.2, 0.25) is 5.91 Å². The van der Waals surface area contributed by atoms with Gasteiger partial charge in [-0.2, -0.15) is 0 Å². The lowest BCUT2D eigenvalue weighted by Gasteiger charge is -2.17. The molecular weight excluding hydrogens is 332 g/mol. The van der Waals surface area contributed by atoms with E-state index in [9.17, 15) is 9.59 Å². The van der Waals surface area contributed by atoms with Crippen molar-refractivity contribution in [1.82, 2.24) is 4.90 Å². The van der Waals surface area contributed by atoms with Crippen LogP contribution in [-0.4, -0.2) is 30.3 Å². The molecule has 0 aliphatic carbocycles. The first-order valence-corrected chi connectivity index (χ1v) is 8.87. The Morgan fingerprint density at radius 2 is 1.72 bits per heavy atom. The summed E-state index contributed by atoms with van der Waals surface area (Å²) in [5.41, 5.74) is 2.83. The molecule has 3 aromatic rings. The molecule has 0 saturated carbocycles. The van der Waals surface area contributed by atoms with E-state index in [0.717, 1.165) is 26.9 Å². The molecule has 0 radical (unpaired) electrons. The maximum Gasteiger partial charge on any atom is 0.264 e. The van der Waals surface area contributed by atoms with Crippen molar-refractivity contribution in [3.63, 3.8) is 0 Å². The molecule has 0 atom stereocenters. The maximum atomic E-state index is 12.6. The van der Waals surface area contributed by atoms with Crippen molar-refractivity contribution < 1.29 is 9.59 Å². The van der Waals surface area contributed by atoms with Crippen molar-refractivity contribution in [3.05, 3.63) is 64.5 Å². The van der Waals surface area contributed by atoms with Gasteiger partial charge in [-0.1, -0.05) is 36.4 Å². The molecule has 5 heteroatoms. The number of aryl methyl sites for hydroxylation is 2. The molecular formula is C20H20N2O2S. The fourth-order valence-corrected chi connectivity index (χ4v) is 3.81. The quantitative estimate of drug-likeness (QED) is 0.764. The Kier molecular flexibility index (Phi) is 4.86. The highest BCUT2D eigenvalue weighted by Crippen LogP contribution is 2.26. The van der Waals surface area contributed by atoms with Gasteiger partial charge in [0, 0.05) is 17.4 Å². The maximum absolute atomic E-state index is 12.6. The number of carbonyl (C=O) groups is 2. The number of likely N-dealkylation sites (N-methyl/N-ethyl adjacent to an activating group) is 1. The standard InChI is InChI=1S/C20H20N2O2S/c1-13-7-6-8-14(2)19(13)21-18(23)12-22(3)20(24)17-11-15-9-4-5-10-16(15)25-17/h4-11H,12H2,1-3H3,(H,21,23). The van der Waals surface area contributed by atoms with Gasteiger partial charge in [0.1, 0.15) is 0 Å². The third kappa shape index (κ3) is 3.72. The van der Waals surface area contributed by atoms with E-state index in [2.05, 4.69) is 5.32 Å². The number of amides is 2. The minimum absolute atomic E-state index is 0.0147. The molecule has 1 heterocycles. The average Bonchev–Trinajstić information content (AvgIpc) is 3.01. The smallest absolute Gasteiger partial charge is 0.264 e. The summed E-state index contributed by atoms with van der Waals surface area (Å²) in [6.45, 7) is 3.92. The molecule has 1 aromatic heterocycles. The second kappa shape index (κ2) is 7.07. The zero-order valence-corrected chi connectivity index (χ0v) is 15.3. The fourth-order valence-electron chi connectivity index (χ4n) is 2.75. The number of thiophene rings is 1. The average molecular weight is 352 g/mol. The van der Waals surface area contributed by atoms with Crippen molar-refractivity contribution in [3.8, 4) is 0 Å². The van der Waals surface area contributed by atoms with Crippen LogP contribution in [0.1, 0.15) is 20.8 Å². The van der Waals surface area contributed by atoms with E-state index in [4.69, 9.17) is 0 Å². The highest BCUT2D eigenvalue weighted by molar-refractivity contribution is 7.20. The highest BCUT2D eigenvalue weighted by Gasteiger charge is 2.18. The summed E-state index contributed by atoms with van der Waals surface area (Å²) >= 11 is 1.45. The van der Waals surface area contributed by atoms with Crippen LogP contribution in [0.2, 0.25) is 0 Å². The van der Waals surface area contributed by atoms with Gasteiger partial charge < -0.3 is 10.2 Å². The van der Waals surface area contributed by atoms with E-state index >= 15 is 0 Å². The van der Waals surface area contributed by atoms with E-state index < -0.39 is 0 Å². The Bertz CT molecular complexity index is 893. The number of carbonyl (C=O) groups excluding carboxylic acids is 2. The molecule has 128 valence electrons. The first kappa shape index (κ1) is 17.2. The first-order chi connectivity index (χ1) is 12.0. The summed E-state index contributed by atoms with van der Waals surface area (Å²) in [7, 11) is 1.65. The Morgan fingerprint density at radius 1 is 1.04 bits per heavy atom. The van der Waals surface area contributed by atoms with Crippen LogP contribution < -0.4 is 5.32 Å². The van der Waals surface area contributed by atoms with Crippen LogP contribution in [0.3, 0.4) is 0 Å². The predicted molar refractivity (Wildman–Crippen MR) is 103 cm³/mol. The molecule has 0 spiro atoms. The van der Waals surface area contributed by atoms with Crippen molar-refractivity contribution in [2.75, 3.05) is 18.9 Å². The molecule has 0 unspecified atom stereocenters. The van der Waals surface area contributed by atoms with Crippen molar-refractivity contribution in [1.29, 1.82) is 0 Å². The van der Waals surface area contributed by atoms with Gasteiger partial charge in [0.05, 0.1) is 11.4 Å². The topological polar surface area (TPSA) is 49.4 Å². The van der Waals surface area contributed by atoms with E-state index in [-0.39, 0.29) is 18.4 Å². The number of hydrogen-bond donors (Lipinski definition) is 1. The summed E-state index contributed by atoms with van der Waals surface area (Å²) in [5, 5.41) is 3.96. The summed E-state index contributed by atoms with van der Waals surface area (Å²) in [4.78, 5) is 27.0. The van der Waals surface area contributed by atoms with E-state index in [0.29, 0.717) is 4.88 Å². The van der Waals surface area contributed by atoms with Crippen LogP contribution in [0.25, 0.3) is 10.1 Å². The molecule has 2 aromatic carbocycles. The lowest BCUT2D eigenvalue weighted by molar-refractivity contribution is -0.116. The number of hydrogen-bond acceptors (Lipinski definition) is 3. The minimum Gasteiger partial charge on any atom is -0.332 e. The SMILES string of the molecule is Cc1cccc(C)c1NC(=O)CN(C)C(=O)c1cc2ccccc2s1. The number of rotatable bonds is 4. The molecule has 4 nitrogen and oxygen atoms in total. The van der Waals surface area contributed by atoms with E-state index in [1.165, 1.54) is 16.2 Å².